The second-order valence-corrected chi connectivity index (χ2v) is 5.52. The van der Waals surface area contributed by atoms with Crippen molar-refractivity contribution in [3.05, 3.63) is 28.2 Å². The molecule has 0 atom stereocenters. The largest absolute Gasteiger partial charge is 0.492 e. The van der Waals surface area contributed by atoms with E-state index in [4.69, 9.17) is 9.84 Å². The lowest BCUT2D eigenvalue weighted by molar-refractivity contribution is -0.137. The van der Waals surface area contributed by atoms with Crippen LogP contribution in [-0.2, 0) is 11.2 Å². The third-order valence-corrected chi connectivity index (χ3v) is 3.95. The number of aryl methyl sites for hydroxylation is 1. The van der Waals surface area contributed by atoms with Crippen molar-refractivity contribution in [2.24, 2.45) is 5.92 Å². The van der Waals surface area contributed by atoms with Crippen molar-refractivity contribution in [1.82, 2.24) is 0 Å². The molecule has 0 aromatic heterocycles. The van der Waals surface area contributed by atoms with Crippen molar-refractivity contribution < 1.29 is 14.6 Å². The first-order valence-corrected chi connectivity index (χ1v) is 7.08. The summed E-state index contributed by atoms with van der Waals surface area (Å²) in [6.07, 6.45) is 4.17. The molecule has 3 nitrogen and oxygen atoms in total. The van der Waals surface area contributed by atoms with E-state index in [0.717, 1.165) is 34.7 Å². The van der Waals surface area contributed by atoms with Gasteiger partial charge in [-0.2, -0.15) is 0 Å². The SMILES string of the molecule is O=C(O)CCCc1cccc(OCC2CC2)c1Br. The van der Waals surface area contributed by atoms with Crippen molar-refractivity contribution in [2.75, 3.05) is 6.61 Å². The van der Waals surface area contributed by atoms with Gasteiger partial charge in [-0.3, -0.25) is 4.79 Å². The van der Waals surface area contributed by atoms with Gasteiger partial charge in [-0.1, -0.05) is 12.1 Å². The maximum atomic E-state index is 10.5. The van der Waals surface area contributed by atoms with E-state index < -0.39 is 5.97 Å². The number of rotatable bonds is 7. The van der Waals surface area contributed by atoms with Crippen molar-refractivity contribution in [2.45, 2.75) is 32.1 Å². The predicted molar refractivity (Wildman–Crippen MR) is 72.9 cm³/mol. The molecule has 2 rings (SSSR count). The van der Waals surface area contributed by atoms with Gasteiger partial charge in [0.1, 0.15) is 5.75 Å². The fraction of sp³-hybridized carbons (Fsp3) is 0.500. The topological polar surface area (TPSA) is 46.5 Å². The highest BCUT2D eigenvalue weighted by molar-refractivity contribution is 9.10. The molecule has 1 aliphatic rings. The van der Waals surface area contributed by atoms with Crippen molar-refractivity contribution in [1.29, 1.82) is 0 Å². The zero-order valence-electron chi connectivity index (χ0n) is 10.2. The minimum Gasteiger partial charge on any atom is -0.492 e. The Kier molecular flexibility index (Phi) is 4.64. The lowest BCUT2D eigenvalue weighted by Crippen LogP contribution is -2.01. The average molecular weight is 313 g/mol. The lowest BCUT2D eigenvalue weighted by atomic mass is 10.1. The molecule has 1 aliphatic carbocycles. The molecule has 0 unspecified atom stereocenters. The summed E-state index contributed by atoms with van der Waals surface area (Å²) >= 11 is 3.55. The van der Waals surface area contributed by atoms with Crippen LogP contribution in [0.3, 0.4) is 0 Å². The standard InChI is InChI=1S/C14H17BrO3/c15-14-11(4-2-6-13(16)17)3-1-5-12(14)18-9-10-7-8-10/h1,3,5,10H,2,4,6-9H2,(H,16,17). The maximum Gasteiger partial charge on any atom is 0.303 e. The quantitative estimate of drug-likeness (QED) is 0.836. The maximum absolute atomic E-state index is 10.5. The Morgan fingerprint density at radius 3 is 2.89 bits per heavy atom. The monoisotopic (exact) mass is 312 g/mol. The molecule has 0 saturated heterocycles. The summed E-state index contributed by atoms with van der Waals surface area (Å²) in [5.41, 5.74) is 1.12. The highest BCUT2D eigenvalue weighted by Gasteiger charge is 2.22. The van der Waals surface area contributed by atoms with Crippen molar-refractivity contribution in [3.63, 3.8) is 0 Å². The van der Waals surface area contributed by atoms with Gasteiger partial charge in [0.25, 0.3) is 0 Å². The van der Waals surface area contributed by atoms with Crippen LogP contribution in [0.25, 0.3) is 0 Å². The molecule has 1 aromatic carbocycles. The van der Waals surface area contributed by atoms with Gasteiger partial charge in [0.05, 0.1) is 11.1 Å². The van der Waals surface area contributed by atoms with Crippen LogP contribution in [0.15, 0.2) is 22.7 Å². The Bertz CT molecular complexity index is 427. The molecular formula is C14H17BrO3. The Morgan fingerprint density at radius 2 is 2.22 bits per heavy atom. The second kappa shape index (κ2) is 6.23. The van der Waals surface area contributed by atoms with E-state index in [0.29, 0.717) is 6.42 Å². The van der Waals surface area contributed by atoms with E-state index in [9.17, 15) is 4.79 Å². The molecule has 0 amide bonds. The number of carboxylic acids is 1. The van der Waals surface area contributed by atoms with E-state index in [1.807, 2.05) is 18.2 Å². The van der Waals surface area contributed by atoms with Crippen molar-refractivity contribution in [3.8, 4) is 5.75 Å². The number of ether oxygens (including phenoxy) is 1. The van der Waals surface area contributed by atoms with E-state index in [2.05, 4.69) is 15.9 Å². The summed E-state index contributed by atoms with van der Waals surface area (Å²) in [4.78, 5) is 10.5. The molecule has 0 aliphatic heterocycles. The van der Waals surface area contributed by atoms with E-state index in [1.54, 1.807) is 0 Å². The summed E-state index contributed by atoms with van der Waals surface area (Å²) in [6.45, 7) is 0.789. The Balaban J connectivity index is 1.92. The van der Waals surface area contributed by atoms with Gasteiger partial charge in [0.15, 0.2) is 0 Å². The first-order chi connectivity index (χ1) is 8.66. The second-order valence-electron chi connectivity index (χ2n) is 4.73. The van der Waals surface area contributed by atoms with Gasteiger partial charge in [-0.25, -0.2) is 0 Å². The fourth-order valence-corrected chi connectivity index (χ4v) is 2.36. The molecule has 1 fully saturated rings. The summed E-state index contributed by atoms with van der Waals surface area (Å²) in [6, 6.07) is 5.92. The number of halogens is 1. The van der Waals surface area contributed by atoms with Gasteiger partial charge in [-0.05, 0) is 59.2 Å². The van der Waals surface area contributed by atoms with Gasteiger partial charge in [0, 0.05) is 6.42 Å². The van der Waals surface area contributed by atoms with Crippen LogP contribution >= 0.6 is 15.9 Å². The molecule has 0 heterocycles. The van der Waals surface area contributed by atoms with Gasteiger partial charge < -0.3 is 9.84 Å². The molecule has 0 bridgehead atoms. The third kappa shape index (κ3) is 4.02. The molecule has 98 valence electrons. The molecule has 0 radical (unpaired) electrons. The Labute approximate surface area is 115 Å². The summed E-state index contributed by atoms with van der Waals surface area (Å²) < 4.78 is 6.73. The molecule has 1 saturated carbocycles. The number of carboxylic acid groups (broad SMARTS) is 1. The zero-order chi connectivity index (χ0) is 13.0. The van der Waals surface area contributed by atoms with Crippen LogP contribution in [-0.4, -0.2) is 17.7 Å². The minimum atomic E-state index is -0.743. The average Bonchev–Trinajstić information content (AvgIpc) is 3.13. The molecule has 1 aromatic rings. The summed E-state index contributed by atoms with van der Waals surface area (Å²) in [5.74, 6) is 0.856. The smallest absolute Gasteiger partial charge is 0.303 e. The van der Waals surface area contributed by atoms with Crippen LogP contribution in [0.5, 0.6) is 5.75 Å². The van der Waals surface area contributed by atoms with E-state index >= 15 is 0 Å². The first-order valence-electron chi connectivity index (χ1n) is 6.29. The molecular weight excluding hydrogens is 296 g/mol. The van der Waals surface area contributed by atoms with E-state index in [-0.39, 0.29) is 6.42 Å². The highest BCUT2D eigenvalue weighted by Crippen LogP contribution is 2.33. The number of hydrogen-bond acceptors (Lipinski definition) is 2. The van der Waals surface area contributed by atoms with Crippen molar-refractivity contribution >= 4 is 21.9 Å². The van der Waals surface area contributed by atoms with E-state index in [1.165, 1.54) is 12.8 Å². The number of hydrogen-bond donors (Lipinski definition) is 1. The molecule has 4 heteroatoms. The van der Waals surface area contributed by atoms with Crippen LogP contribution in [0.4, 0.5) is 0 Å². The Morgan fingerprint density at radius 1 is 1.44 bits per heavy atom. The minimum absolute atomic E-state index is 0.208. The lowest BCUT2D eigenvalue weighted by Gasteiger charge is -2.11. The third-order valence-electron chi connectivity index (χ3n) is 3.05. The van der Waals surface area contributed by atoms with Crippen LogP contribution < -0.4 is 4.74 Å². The highest BCUT2D eigenvalue weighted by atomic mass is 79.9. The molecule has 18 heavy (non-hydrogen) atoms. The molecule has 0 spiro atoms. The van der Waals surface area contributed by atoms with Crippen LogP contribution in [0.2, 0.25) is 0 Å². The van der Waals surface area contributed by atoms with Gasteiger partial charge in [-0.15, -0.1) is 0 Å². The van der Waals surface area contributed by atoms with Crippen LogP contribution in [0, 0.1) is 5.92 Å². The normalized spacial score (nSPS) is 14.5. The van der Waals surface area contributed by atoms with Crippen LogP contribution in [0.1, 0.15) is 31.2 Å². The summed E-state index contributed by atoms with van der Waals surface area (Å²) in [5, 5.41) is 8.63. The number of benzene rings is 1. The summed E-state index contributed by atoms with van der Waals surface area (Å²) in [7, 11) is 0. The number of aliphatic carboxylic acids is 1. The first kappa shape index (κ1) is 13.4. The fourth-order valence-electron chi connectivity index (χ4n) is 1.78. The number of carbonyl (C=O) groups is 1. The van der Waals surface area contributed by atoms with Gasteiger partial charge in [0.2, 0.25) is 0 Å². The van der Waals surface area contributed by atoms with Gasteiger partial charge >= 0.3 is 5.97 Å². The predicted octanol–water partition coefficient (Wildman–Crippen LogP) is 3.65. The zero-order valence-corrected chi connectivity index (χ0v) is 11.8. The Hall–Kier alpha value is -1.03. The molecule has 1 N–H and O–H groups in total.